The van der Waals surface area contributed by atoms with E-state index in [9.17, 15) is 12.8 Å². The highest BCUT2D eigenvalue weighted by Gasteiger charge is 2.11. The molecule has 6 heteroatoms. The maximum absolute atomic E-state index is 13.5. The van der Waals surface area contributed by atoms with Crippen LogP contribution in [0.5, 0.6) is 0 Å². The van der Waals surface area contributed by atoms with Crippen molar-refractivity contribution in [3.05, 3.63) is 34.1 Å². The van der Waals surface area contributed by atoms with Gasteiger partial charge in [0, 0.05) is 28.9 Å². The molecule has 0 saturated carbocycles. The van der Waals surface area contributed by atoms with Gasteiger partial charge in [-0.3, -0.25) is 0 Å². The zero-order valence-electron chi connectivity index (χ0n) is 9.70. The fraction of sp³-hybridized carbons (Fsp3) is 0.455. The van der Waals surface area contributed by atoms with Crippen molar-refractivity contribution in [1.29, 1.82) is 0 Å². The predicted molar refractivity (Wildman–Crippen MR) is 70.2 cm³/mol. The third-order valence-electron chi connectivity index (χ3n) is 2.35. The van der Waals surface area contributed by atoms with Gasteiger partial charge in [-0.05, 0) is 25.1 Å². The van der Waals surface area contributed by atoms with Gasteiger partial charge in [0.2, 0.25) is 0 Å². The van der Waals surface area contributed by atoms with Gasteiger partial charge in [0.05, 0.1) is 5.75 Å². The van der Waals surface area contributed by atoms with Gasteiger partial charge in [0.1, 0.15) is 15.7 Å². The largest absolute Gasteiger partial charge is 0.309 e. The van der Waals surface area contributed by atoms with E-state index < -0.39 is 9.84 Å². The summed E-state index contributed by atoms with van der Waals surface area (Å²) in [4.78, 5) is 0. The fourth-order valence-electron chi connectivity index (χ4n) is 1.42. The van der Waals surface area contributed by atoms with E-state index in [1.807, 2.05) is 0 Å². The summed E-state index contributed by atoms with van der Waals surface area (Å²) in [6, 6.07) is 4.47. The van der Waals surface area contributed by atoms with Crippen LogP contribution in [0.25, 0.3) is 0 Å². The topological polar surface area (TPSA) is 46.2 Å². The number of rotatable bonds is 5. The second kappa shape index (κ2) is 5.93. The van der Waals surface area contributed by atoms with Crippen molar-refractivity contribution in [2.45, 2.75) is 13.0 Å². The van der Waals surface area contributed by atoms with Crippen LogP contribution in [0.15, 0.2) is 22.7 Å². The molecule has 0 heterocycles. The molecule has 17 heavy (non-hydrogen) atoms. The highest BCUT2D eigenvalue weighted by Crippen LogP contribution is 2.21. The van der Waals surface area contributed by atoms with Gasteiger partial charge in [-0.15, -0.1) is 0 Å². The third kappa shape index (κ3) is 5.14. The van der Waals surface area contributed by atoms with Crippen molar-refractivity contribution < 1.29 is 12.8 Å². The lowest BCUT2D eigenvalue weighted by Crippen LogP contribution is -2.25. The number of benzene rings is 1. The number of hydrogen-bond acceptors (Lipinski definition) is 3. The average molecular weight is 324 g/mol. The zero-order chi connectivity index (χ0) is 13.1. The van der Waals surface area contributed by atoms with Crippen LogP contribution in [0.4, 0.5) is 4.39 Å². The summed E-state index contributed by atoms with van der Waals surface area (Å²) in [7, 11) is -2.99. The van der Waals surface area contributed by atoms with Crippen molar-refractivity contribution in [1.82, 2.24) is 5.32 Å². The van der Waals surface area contributed by atoms with Crippen LogP contribution in [0.2, 0.25) is 0 Å². The molecule has 0 aliphatic heterocycles. The maximum atomic E-state index is 13.5. The Hall–Kier alpha value is -0.460. The first-order valence-corrected chi connectivity index (χ1v) is 8.01. The summed E-state index contributed by atoms with van der Waals surface area (Å²) < 4.78 is 36.2. The monoisotopic (exact) mass is 323 g/mol. The first kappa shape index (κ1) is 14.6. The summed E-state index contributed by atoms with van der Waals surface area (Å²) in [5, 5.41) is 2.98. The Kier molecular flexibility index (Phi) is 5.09. The molecule has 0 bridgehead atoms. The minimum atomic E-state index is -2.99. The molecule has 0 aromatic heterocycles. The van der Waals surface area contributed by atoms with E-state index in [4.69, 9.17) is 0 Å². The van der Waals surface area contributed by atoms with Crippen molar-refractivity contribution >= 4 is 25.8 Å². The summed E-state index contributed by atoms with van der Waals surface area (Å²) in [6.07, 6.45) is 1.18. The Morgan fingerprint density at radius 1 is 1.47 bits per heavy atom. The van der Waals surface area contributed by atoms with Gasteiger partial charge in [0.15, 0.2) is 0 Å². The van der Waals surface area contributed by atoms with Gasteiger partial charge in [-0.25, -0.2) is 12.8 Å². The SMILES string of the molecule is CC(NCCS(C)(=O)=O)c1cc(Br)ccc1F. The molecule has 96 valence electrons. The van der Waals surface area contributed by atoms with Gasteiger partial charge in [-0.1, -0.05) is 15.9 Å². The first-order valence-electron chi connectivity index (χ1n) is 5.15. The van der Waals surface area contributed by atoms with Crippen LogP contribution in [0, 0.1) is 5.82 Å². The maximum Gasteiger partial charge on any atom is 0.148 e. The Morgan fingerprint density at radius 3 is 2.71 bits per heavy atom. The average Bonchev–Trinajstić information content (AvgIpc) is 2.19. The van der Waals surface area contributed by atoms with E-state index in [0.29, 0.717) is 12.1 Å². The van der Waals surface area contributed by atoms with Gasteiger partial charge >= 0.3 is 0 Å². The molecule has 1 rings (SSSR count). The molecule has 0 aliphatic rings. The Morgan fingerprint density at radius 2 is 2.12 bits per heavy atom. The standard InChI is InChI=1S/C11H15BrFNO2S/c1-8(14-5-6-17(2,15)16)10-7-9(12)3-4-11(10)13/h3-4,7-8,14H,5-6H2,1-2H3. The fourth-order valence-corrected chi connectivity index (χ4v) is 2.28. The van der Waals surface area contributed by atoms with E-state index >= 15 is 0 Å². The van der Waals surface area contributed by atoms with Crippen LogP contribution >= 0.6 is 15.9 Å². The summed E-state index contributed by atoms with van der Waals surface area (Å²) >= 11 is 3.27. The molecule has 0 spiro atoms. The molecule has 0 aliphatic carbocycles. The quantitative estimate of drug-likeness (QED) is 0.904. The molecular formula is C11H15BrFNO2S. The smallest absolute Gasteiger partial charge is 0.148 e. The Bertz CT molecular complexity index is 490. The first-order chi connectivity index (χ1) is 7.79. The molecule has 1 atom stereocenters. The molecule has 3 nitrogen and oxygen atoms in total. The summed E-state index contributed by atoms with van der Waals surface area (Å²) in [5.74, 6) is -0.250. The number of hydrogen-bond donors (Lipinski definition) is 1. The van der Waals surface area contributed by atoms with Crippen molar-refractivity contribution in [2.75, 3.05) is 18.6 Å². The number of sulfone groups is 1. The van der Waals surface area contributed by atoms with E-state index in [1.165, 1.54) is 12.3 Å². The van der Waals surface area contributed by atoms with Crippen LogP contribution < -0.4 is 5.32 Å². The molecule has 1 aromatic rings. The van der Waals surface area contributed by atoms with Gasteiger partial charge in [0.25, 0.3) is 0 Å². The van der Waals surface area contributed by atoms with E-state index in [2.05, 4.69) is 21.2 Å². The van der Waals surface area contributed by atoms with E-state index in [0.717, 1.165) is 4.47 Å². The minimum Gasteiger partial charge on any atom is -0.309 e. The number of halogens is 2. The normalized spacial score (nSPS) is 13.6. The second-order valence-corrected chi connectivity index (χ2v) is 7.15. The van der Waals surface area contributed by atoms with Crippen molar-refractivity contribution in [3.63, 3.8) is 0 Å². The van der Waals surface area contributed by atoms with Crippen molar-refractivity contribution in [2.24, 2.45) is 0 Å². The van der Waals surface area contributed by atoms with E-state index in [-0.39, 0.29) is 17.6 Å². The Balaban J connectivity index is 2.64. The molecule has 0 saturated heterocycles. The summed E-state index contributed by atoms with van der Waals surface area (Å²) in [6.45, 7) is 2.11. The van der Waals surface area contributed by atoms with Crippen molar-refractivity contribution in [3.8, 4) is 0 Å². The third-order valence-corrected chi connectivity index (χ3v) is 3.79. The molecular weight excluding hydrogens is 309 g/mol. The van der Waals surface area contributed by atoms with Crippen LogP contribution in [-0.2, 0) is 9.84 Å². The molecule has 0 fully saturated rings. The molecule has 1 unspecified atom stereocenters. The lowest BCUT2D eigenvalue weighted by atomic mass is 10.1. The molecule has 1 aromatic carbocycles. The van der Waals surface area contributed by atoms with Crippen LogP contribution in [-0.4, -0.2) is 27.0 Å². The summed E-state index contributed by atoms with van der Waals surface area (Å²) in [5.41, 5.74) is 0.521. The van der Waals surface area contributed by atoms with E-state index in [1.54, 1.807) is 19.1 Å². The van der Waals surface area contributed by atoms with Gasteiger partial charge in [-0.2, -0.15) is 0 Å². The lowest BCUT2D eigenvalue weighted by Gasteiger charge is -2.15. The minimum absolute atomic E-state index is 0.0486. The van der Waals surface area contributed by atoms with Gasteiger partial charge < -0.3 is 5.32 Å². The molecule has 0 amide bonds. The lowest BCUT2D eigenvalue weighted by molar-refractivity contribution is 0.537. The Labute approximate surface area is 109 Å². The highest BCUT2D eigenvalue weighted by molar-refractivity contribution is 9.10. The van der Waals surface area contributed by atoms with Crippen LogP contribution in [0.3, 0.4) is 0 Å². The predicted octanol–water partition coefficient (Wildman–Crippen LogP) is 2.28. The second-order valence-electron chi connectivity index (χ2n) is 3.97. The molecule has 0 radical (unpaired) electrons. The zero-order valence-corrected chi connectivity index (χ0v) is 12.1. The number of nitrogens with one attached hydrogen (secondary N) is 1. The highest BCUT2D eigenvalue weighted by atomic mass is 79.9. The molecule has 1 N–H and O–H groups in total. The van der Waals surface area contributed by atoms with Crippen LogP contribution in [0.1, 0.15) is 18.5 Å².